The fourth-order valence-electron chi connectivity index (χ4n) is 2.30. The average Bonchev–Trinajstić information content (AvgIpc) is 2.90. The van der Waals surface area contributed by atoms with E-state index in [1.807, 2.05) is 18.2 Å². The number of halogens is 1. The molecule has 0 aliphatic rings. The predicted octanol–water partition coefficient (Wildman–Crippen LogP) is 3.29. The minimum Gasteiger partial charge on any atom is -0.398 e. The van der Waals surface area contributed by atoms with Crippen molar-refractivity contribution in [3.05, 3.63) is 52.0 Å². The van der Waals surface area contributed by atoms with Crippen LogP contribution in [0.15, 0.2) is 40.9 Å². The number of nitrogen functional groups attached to an aromatic ring is 1. The first-order valence-electron chi connectivity index (χ1n) is 6.47. The van der Waals surface area contributed by atoms with Crippen molar-refractivity contribution >= 4 is 21.6 Å². The molecule has 0 aliphatic heterocycles. The average molecular weight is 344 g/mol. The van der Waals surface area contributed by atoms with E-state index in [-0.39, 0.29) is 0 Å². The van der Waals surface area contributed by atoms with Gasteiger partial charge in [0.05, 0.1) is 5.69 Å². The Kier molecular flexibility index (Phi) is 3.47. The van der Waals surface area contributed by atoms with E-state index in [9.17, 15) is 0 Å². The Bertz CT molecular complexity index is 789. The maximum Gasteiger partial charge on any atom is 0.187 e. The molecular formula is C15H14BrN5. The van der Waals surface area contributed by atoms with Crippen molar-refractivity contribution in [1.82, 2.24) is 20.2 Å². The van der Waals surface area contributed by atoms with Crippen LogP contribution in [0.3, 0.4) is 0 Å². The zero-order valence-corrected chi connectivity index (χ0v) is 13.3. The predicted molar refractivity (Wildman–Crippen MR) is 86.2 cm³/mol. The third-order valence-electron chi connectivity index (χ3n) is 3.17. The van der Waals surface area contributed by atoms with Gasteiger partial charge in [-0.1, -0.05) is 6.07 Å². The van der Waals surface area contributed by atoms with Gasteiger partial charge in [-0.2, -0.15) is 4.68 Å². The summed E-state index contributed by atoms with van der Waals surface area (Å²) in [5.41, 5.74) is 10.7. The molecule has 0 atom stereocenters. The Labute approximate surface area is 130 Å². The summed E-state index contributed by atoms with van der Waals surface area (Å²) in [4.78, 5) is 0. The molecule has 2 aromatic carbocycles. The highest BCUT2D eigenvalue weighted by atomic mass is 79.9. The molecule has 0 spiro atoms. The Hall–Kier alpha value is -2.21. The van der Waals surface area contributed by atoms with Gasteiger partial charge in [-0.05, 0) is 81.7 Å². The molecule has 0 saturated carbocycles. The lowest BCUT2D eigenvalue weighted by molar-refractivity contribution is 0.790. The van der Waals surface area contributed by atoms with E-state index in [1.165, 1.54) is 11.1 Å². The standard InChI is InChI=1S/C15H14BrN5/c1-9-5-10(2)7-12(6-9)21-15(18-19-20-21)11-3-4-13(16)14(17)8-11/h3-8H,17H2,1-2H3. The van der Waals surface area contributed by atoms with Gasteiger partial charge in [-0.3, -0.25) is 0 Å². The summed E-state index contributed by atoms with van der Waals surface area (Å²) in [5.74, 6) is 0.666. The van der Waals surface area contributed by atoms with E-state index in [0.29, 0.717) is 11.5 Å². The molecular weight excluding hydrogens is 330 g/mol. The zero-order chi connectivity index (χ0) is 15.0. The second-order valence-electron chi connectivity index (χ2n) is 5.00. The molecule has 1 heterocycles. The van der Waals surface area contributed by atoms with Gasteiger partial charge < -0.3 is 5.73 Å². The molecule has 1 aromatic heterocycles. The van der Waals surface area contributed by atoms with Crippen molar-refractivity contribution < 1.29 is 0 Å². The van der Waals surface area contributed by atoms with Crippen molar-refractivity contribution in [2.45, 2.75) is 13.8 Å². The molecule has 0 radical (unpaired) electrons. The summed E-state index contributed by atoms with van der Waals surface area (Å²) < 4.78 is 2.58. The fourth-order valence-corrected chi connectivity index (χ4v) is 2.54. The van der Waals surface area contributed by atoms with Crippen molar-refractivity contribution in [3.63, 3.8) is 0 Å². The minimum absolute atomic E-state index is 0.655. The lowest BCUT2D eigenvalue weighted by Crippen LogP contribution is -2.01. The first kappa shape index (κ1) is 13.8. The first-order chi connectivity index (χ1) is 10.0. The summed E-state index contributed by atoms with van der Waals surface area (Å²) in [6.45, 7) is 4.11. The number of nitrogens with two attached hydrogens (primary N) is 1. The summed E-state index contributed by atoms with van der Waals surface area (Å²) >= 11 is 3.39. The van der Waals surface area contributed by atoms with Gasteiger partial charge in [0.15, 0.2) is 5.82 Å². The number of aromatic nitrogens is 4. The van der Waals surface area contributed by atoms with Crippen molar-refractivity contribution in [2.24, 2.45) is 0 Å². The number of hydrogen-bond acceptors (Lipinski definition) is 4. The molecule has 0 amide bonds. The number of benzene rings is 2. The largest absolute Gasteiger partial charge is 0.398 e. The highest BCUT2D eigenvalue weighted by Crippen LogP contribution is 2.27. The van der Waals surface area contributed by atoms with Crippen LogP contribution in [0.5, 0.6) is 0 Å². The number of tetrazole rings is 1. The van der Waals surface area contributed by atoms with Gasteiger partial charge in [-0.25, -0.2) is 0 Å². The third kappa shape index (κ3) is 2.67. The highest BCUT2D eigenvalue weighted by molar-refractivity contribution is 9.10. The molecule has 0 fully saturated rings. The number of hydrogen-bond donors (Lipinski definition) is 1. The van der Waals surface area contributed by atoms with Gasteiger partial charge in [0.2, 0.25) is 0 Å². The van der Waals surface area contributed by atoms with E-state index in [4.69, 9.17) is 5.73 Å². The van der Waals surface area contributed by atoms with E-state index >= 15 is 0 Å². The maximum absolute atomic E-state index is 5.94. The SMILES string of the molecule is Cc1cc(C)cc(-n2nnnc2-c2ccc(Br)c(N)c2)c1. The topological polar surface area (TPSA) is 69.6 Å². The highest BCUT2D eigenvalue weighted by Gasteiger charge is 2.12. The number of anilines is 1. The minimum atomic E-state index is 0.655. The van der Waals surface area contributed by atoms with Crippen LogP contribution in [0.4, 0.5) is 5.69 Å². The molecule has 106 valence electrons. The number of rotatable bonds is 2. The Morgan fingerprint density at radius 1 is 1.05 bits per heavy atom. The normalized spacial score (nSPS) is 10.8. The van der Waals surface area contributed by atoms with Gasteiger partial charge in [0.1, 0.15) is 0 Å². The van der Waals surface area contributed by atoms with Crippen LogP contribution in [0.25, 0.3) is 17.1 Å². The Morgan fingerprint density at radius 3 is 2.43 bits per heavy atom. The summed E-state index contributed by atoms with van der Waals surface area (Å²) in [6.07, 6.45) is 0. The summed E-state index contributed by atoms with van der Waals surface area (Å²) in [6, 6.07) is 11.9. The smallest absolute Gasteiger partial charge is 0.187 e. The van der Waals surface area contributed by atoms with Crippen LogP contribution < -0.4 is 5.73 Å². The second-order valence-corrected chi connectivity index (χ2v) is 5.85. The lowest BCUT2D eigenvalue weighted by Gasteiger charge is -2.08. The van der Waals surface area contributed by atoms with Crippen LogP contribution in [0, 0.1) is 13.8 Å². The van der Waals surface area contributed by atoms with Crippen LogP contribution >= 0.6 is 15.9 Å². The molecule has 3 rings (SSSR count). The van der Waals surface area contributed by atoms with Crippen LogP contribution in [0.2, 0.25) is 0 Å². The van der Waals surface area contributed by atoms with E-state index in [2.05, 4.69) is 63.5 Å². The van der Waals surface area contributed by atoms with Crippen LogP contribution in [-0.2, 0) is 0 Å². The van der Waals surface area contributed by atoms with E-state index in [1.54, 1.807) is 4.68 Å². The molecule has 0 bridgehead atoms. The first-order valence-corrected chi connectivity index (χ1v) is 7.26. The monoisotopic (exact) mass is 343 g/mol. The molecule has 2 N–H and O–H groups in total. The van der Waals surface area contributed by atoms with Gasteiger partial charge in [0.25, 0.3) is 0 Å². The zero-order valence-electron chi connectivity index (χ0n) is 11.7. The van der Waals surface area contributed by atoms with Crippen molar-refractivity contribution in [1.29, 1.82) is 0 Å². The molecule has 6 heteroatoms. The molecule has 3 aromatic rings. The molecule has 5 nitrogen and oxygen atoms in total. The molecule has 0 unspecified atom stereocenters. The summed E-state index contributed by atoms with van der Waals surface area (Å²) in [5, 5.41) is 12.0. The Morgan fingerprint density at radius 2 is 1.76 bits per heavy atom. The Balaban J connectivity index is 2.14. The quantitative estimate of drug-likeness (QED) is 0.725. The van der Waals surface area contributed by atoms with E-state index < -0.39 is 0 Å². The van der Waals surface area contributed by atoms with Gasteiger partial charge in [-0.15, -0.1) is 5.10 Å². The third-order valence-corrected chi connectivity index (χ3v) is 3.90. The number of nitrogens with zero attached hydrogens (tertiary/aromatic N) is 4. The van der Waals surface area contributed by atoms with Crippen LogP contribution in [-0.4, -0.2) is 20.2 Å². The van der Waals surface area contributed by atoms with Crippen LogP contribution in [0.1, 0.15) is 11.1 Å². The second kappa shape index (κ2) is 5.29. The van der Waals surface area contributed by atoms with Gasteiger partial charge >= 0.3 is 0 Å². The van der Waals surface area contributed by atoms with Crippen molar-refractivity contribution in [3.8, 4) is 17.1 Å². The molecule has 0 saturated heterocycles. The van der Waals surface area contributed by atoms with E-state index in [0.717, 1.165) is 15.7 Å². The lowest BCUT2D eigenvalue weighted by atomic mass is 10.1. The molecule has 21 heavy (non-hydrogen) atoms. The number of aryl methyl sites for hydroxylation is 2. The molecule has 0 aliphatic carbocycles. The van der Waals surface area contributed by atoms with Gasteiger partial charge in [0, 0.05) is 15.7 Å². The maximum atomic E-state index is 5.94. The van der Waals surface area contributed by atoms with Crippen molar-refractivity contribution in [2.75, 3.05) is 5.73 Å². The fraction of sp³-hybridized carbons (Fsp3) is 0.133. The summed E-state index contributed by atoms with van der Waals surface area (Å²) in [7, 11) is 0.